The lowest BCUT2D eigenvalue weighted by molar-refractivity contribution is 0.198. The minimum atomic E-state index is 0.708. The average molecular weight is 348 g/mol. The predicted molar refractivity (Wildman–Crippen MR) is 107 cm³/mol. The molecule has 0 bridgehead atoms. The highest BCUT2D eigenvalue weighted by Gasteiger charge is 2.11. The van der Waals surface area contributed by atoms with Crippen LogP contribution >= 0.6 is 0 Å². The molecule has 0 aliphatic rings. The Balaban J connectivity index is 1.92. The van der Waals surface area contributed by atoms with E-state index in [0.717, 1.165) is 42.5 Å². The van der Waals surface area contributed by atoms with Crippen LogP contribution in [0.25, 0.3) is 11.4 Å². The quantitative estimate of drug-likeness (QED) is 0.613. The molecule has 0 atom stereocenters. The molecule has 3 rings (SSSR count). The molecule has 0 radical (unpaired) electrons. The van der Waals surface area contributed by atoms with Gasteiger partial charge in [-0.25, -0.2) is 9.97 Å². The second-order valence-corrected chi connectivity index (χ2v) is 5.97. The van der Waals surface area contributed by atoms with Gasteiger partial charge in [-0.05, 0) is 18.6 Å². The van der Waals surface area contributed by atoms with Gasteiger partial charge in [0.05, 0.1) is 0 Å². The third kappa shape index (κ3) is 4.58. The maximum Gasteiger partial charge on any atom is 0.163 e. The van der Waals surface area contributed by atoms with Crippen LogP contribution in [0.4, 0.5) is 17.3 Å². The summed E-state index contributed by atoms with van der Waals surface area (Å²) in [6.07, 6.45) is 0.922. The third-order valence-electron chi connectivity index (χ3n) is 4.06. The van der Waals surface area contributed by atoms with Crippen LogP contribution in [-0.4, -0.2) is 37.3 Å². The van der Waals surface area contributed by atoms with Crippen LogP contribution in [-0.2, 0) is 4.74 Å². The van der Waals surface area contributed by atoms with Crippen molar-refractivity contribution in [3.63, 3.8) is 0 Å². The van der Waals surface area contributed by atoms with E-state index < -0.39 is 0 Å². The van der Waals surface area contributed by atoms with Crippen LogP contribution in [0.2, 0.25) is 0 Å². The van der Waals surface area contributed by atoms with Gasteiger partial charge in [-0.3, -0.25) is 0 Å². The Morgan fingerprint density at radius 1 is 0.962 bits per heavy atom. The first-order valence-electron chi connectivity index (χ1n) is 8.74. The molecule has 0 saturated heterocycles. The molecule has 134 valence electrons. The van der Waals surface area contributed by atoms with Crippen molar-refractivity contribution in [2.45, 2.75) is 6.42 Å². The van der Waals surface area contributed by atoms with Gasteiger partial charge in [0.1, 0.15) is 11.6 Å². The summed E-state index contributed by atoms with van der Waals surface area (Å²) in [7, 11) is 3.73. The predicted octanol–water partition coefficient (Wildman–Crippen LogP) is 4.36. The molecule has 0 fully saturated rings. The second kappa shape index (κ2) is 8.97. The lowest BCUT2D eigenvalue weighted by atomic mass is 10.2. The molecule has 0 amide bonds. The topological polar surface area (TPSA) is 50.3 Å². The molecule has 5 heteroatoms. The number of nitrogens with zero attached hydrogens (tertiary/aromatic N) is 3. The molecular formula is C21H24N4O. The number of nitrogens with one attached hydrogen (secondary N) is 1. The Kier molecular flexibility index (Phi) is 6.17. The Hall–Kier alpha value is -2.92. The van der Waals surface area contributed by atoms with E-state index in [4.69, 9.17) is 9.72 Å². The number of hydrogen-bond donors (Lipinski definition) is 1. The van der Waals surface area contributed by atoms with Gasteiger partial charge in [0.15, 0.2) is 5.82 Å². The van der Waals surface area contributed by atoms with E-state index in [2.05, 4.69) is 27.3 Å². The van der Waals surface area contributed by atoms with Crippen LogP contribution in [0.5, 0.6) is 0 Å². The largest absolute Gasteiger partial charge is 0.385 e. The SMILES string of the molecule is COCCCNc1cc(N(C)c2ccccc2)nc(-c2ccccc2)n1. The van der Waals surface area contributed by atoms with E-state index >= 15 is 0 Å². The molecule has 1 heterocycles. The number of aromatic nitrogens is 2. The minimum absolute atomic E-state index is 0.708. The minimum Gasteiger partial charge on any atom is -0.385 e. The molecule has 0 unspecified atom stereocenters. The van der Waals surface area contributed by atoms with Gasteiger partial charge in [-0.2, -0.15) is 0 Å². The molecule has 1 N–H and O–H groups in total. The fourth-order valence-corrected chi connectivity index (χ4v) is 2.63. The number of rotatable bonds is 8. The van der Waals surface area contributed by atoms with Crippen LogP contribution in [0, 0.1) is 0 Å². The van der Waals surface area contributed by atoms with Crippen molar-refractivity contribution in [2.24, 2.45) is 0 Å². The van der Waals surface area contributed by atoms with Crippen molar-refractivity contribution in [3.05, 3.63) is 66.7 Å². The molecule has 5 nitrogen and oxygen atoms in total. The highest BCUT2D eigenvalue weighted by atomic mass is 16.5. The highest BCUT2D eigenvalue weighted by molar-refractivity contribution is 5.66. The van der Waals surface area contributed by atoms with E-state index in [-0.39, 0.29) is 0 Å². The Labute approximate surface area is 154 Å². The standard InChI is InChI=1S/C21H24N4O/c1-25(18-12-7-4-8-13-18)20-16-19(22-14-9-15-26-2)23-21(24-20)17-10-5-3-6-11-17/h3-8,10-13,16H,9,14-15H2,1-2H3,(H,22,23,24). The summed E-state index contributed by atoms with van der Waals surface area (Å²) in [4.78, 5) is 11.5. The molecular weight excluding hydrogens is 324 g/mol. The van der Waals surface area contributed by atoms with Gasteiger partial charge in [-0.1, -0.05) is 48.5 Å². The van der Waals surface area contributed by atoms with Crippen molar-refractivity contribution in [1.29, 1.82) is 0 Å². The number of para-hydroxylation sites is 1. The maximum atomic E-state index is 5.11. The number of hydrogen-bond acceptors (Lipinski definition) is 5. The second-order valence-electron chi connectivity index (χ2n) is 5.97. The van der Waals surface area contributed by atoms with E-state index in [0.29, 0.717) is 5.82 Å². The summed E-state index contributed by atoms with van der Waals surface area (Å²) < 4.78 is 5.11. The van der Waals surface area contributed by atoms with E-state index in [1.165, 1.54) is 0 Å². The summed E-state index contributed by atoms with van der Waals surface area (Å²) in [5, 5.41) is 3.38. The Morgan fingerprint density at radius 3 is 2.35 bits per heavy atom. The lowest BCUT2D eigenvalue weighted by Crippen LogP contribution is -2.14. The Bertz CT molecular complexity index is 809. The number of anilines is 3. The average Bonchev–Trinajstić information content (AvgIpc) is 2.72. The summed E-state index contributed by atoms with van der Waals surface area (Å²) in [6, 6.07) is 22.2. The number of ether oxygens (including phenoxy) is 1. The van der Waals surface area contributed by atoms with Crippen LogP contribution in [0.15, 0.2) is 66.7 Å². The zero-order chi connectivity index (χ0) is 18.2. The Morgan fingerprint density at radius 2 is 1.65 bits per heavy atom. The van der Waals surface area contributed by atoms with Crippen molar-refractivity contribution < 1.29 is 4.74 Å². The van der Waals surface area contributed by atoms with Gasteiger partial charge in [0, 0.05) is 44.6 Å². The maximum absolute atomic E-state index is 5.11. The first kappa shape index (κ1) is 17.9. The van der Waals surface area contributed by atoms with Gasteiger partial charge >= 0.3 is 0 Å². The van der Waals surface area contributed by atoms with Crippen molar-refractivity contribution >= 4 is 17.3 Å². The van der Waals surface area contributed by atoms with Crippen molar-refractivity contribution in [1.82, 2.24) is 9.97 Å². The lowest BCUT2D eigenvalue weighted by Gasteiger charge is -2.20. The first-order chi connectivity index (χ1) is 12.8. The summed E-state index contributed by atoms with van der Waals surface area (Å²) >= 11 is 0. The van der Waals surface area contributed by atoms with E-state index in [1.54, 1.807) is 7.11 Å². The molecule has 26 heavy (non-hydrogen) atoms. The van der Waals surface area contributed by atoms with Crippen LogP contribution < -0.4 is 10.2 Å². The van der Waals surface area contributed by atoms with Crippen molar-refractivity contribution in [3.8, 4) is 11.4 Å². The fourth-order valence-electron chi connectivity index (χ4n) is 2.63. The van der Waals surface area contributed by atoms with E-state index in [9.17, 15) is 0 Å². The first-order valence-corrected chi connectivity index (χ1v) is 8.74. The summed E-state index contributed by atoms with van der Waals surface area (Å²) in [5.74, 6) is 2.37. The van der Waals surface area contributed by atoms with E-state index in [1.807, 2.05) is 61.6 Å². The summed E-state index contributed by atoms with van der Waals surface area (Å²) in [6.45, 7) is 1.52. The zero-order valence-electron chi connectivity index (χ0n) is 15.2. The fraction of sp³-hybridized carbons (Fsp3) is 0.238. The van der Waals surface area contributed by atoms with Crippen LogP contribution in [0.1, 0.15) is 6.42 Å². The zero-order valence-corrected chi connectivity index (χ0v) is 15.2. The molecule has 0 aliphatic carbocycles. The molecule has 2 aromatic carbocycles. The smallest absolute Gasteiger partial charge is 0.163 e. The van der Waals surface area contributed by atoms with Crippen molar-refractivity contribution in [2.75, 3.05) is 37.5 Å². The molecule has 0 spiro atoms. The van der Waals surface area contributed by atoms with Gasteiger partial charge < -0.3 is 15.0 Å². The molecule has 1 aromatic heterocycles. The highest BCUT2D eigenvalue weighted by Crippen LogP contribution is 2.26. The summed E-state index contributed by atoms with van der Waals surface area (Å²) in [5.41, 5.74) is 2.08. The number of benzene rings is 2. The van der Waals surface area contributed by atoms with Gasteiger partial charge in [0.25, 0.3) is 0 Å². The molecule has 3 aromatic rings. The molecule has 0 saturated carbocycles. The van der Waals surface area contributed by atoms with Gasteiger partial charge in [-0.15, -0.1) is 0 Å². The normalized spacial score (nSPS) is 10.5. The monoisotopic (exact) mass is 348 g/mol. The van der Waals surface area contributed by atoms with Crippen LogP contribution in [0.3, 0.4) is 0 Å². The number of methoxy groups -OCH3 is 1. The van der Waals surface area contributed by atoms with Gasteiger partial charge in [0.2, 0.25) is 0 Å². The third-order valence-corrected chi connectivity index (χ3v) is 4.06. The molecule has 0 aliphatic heterocycles.